The van der Waals surface area contributed by atoms with Crippen LogP contribution in [0.3, 0.4) is 0 Å². The van der Waals surface area contributed by atoms with Crippen LogP contribution in [0, 0.1) is 0 Å². The molecule has 0 aliphatic rings. The molecule has 9 heteroatoms. The van der Waals surface area contributed by atoms with Gasteiger partial charge in [-0.1, -0.05) is 41.7 Å². The molecule has 5 rings (SSSR count). The van der Waals surface area contributed by atoms with Crippen molar-refractivity contribution in [1.82, 2.24) is 29.1 Å². The zero-order valence-corrected chi connectivity index (χ0v) is 16.2. The van der Waals surface area contributed by atoms with Crippen LogP contribution < -0.4 is 5.32 Å². The van der Waals surface area contributed by atoms with E-state index in [-0.39, 0.29) is 5.91 Å². The Morgan fingerprint density at radius 3 is 2.79 bits per heavy atom. The highest BCUT2D eigenvalue weighted by atomic mass is 32.1. The Morgan fingerprint density at radius 2 is 2.00 bits per heavy atom. The standard InChI is InChI=1S/C20H15N7OS/c1-26-10-9-21-18(26)17-16(13-5-3-2-4-6-13)23-20(29-17)24-19(28)14-7-8-15-25-22-12-27(15)11-14/h2-12H,1H3,(H,23,24,28). The lowest BCUT2D eigenvalue weighted by Crippen LogP contribution is -2.12. The lowest BCUT2D eigenvalue weighted by molar-refractivity contribution is 0.102. The van der Waals surface area contributed by atoms with Gasteiger partial charge in [-0.15, -0.1) is 10.2 Å². The highest BCUT2D eigenvalue weighted by molar-refractivity contribution is 7.19. The Kier molecular flexibility index (Phi) is 4.14. The average molecular weight is 401 g/mol. The normalized spacial score (nSPS) is 11.1. The van der Waals surface area contributed by atoms with E-state index < -0.39 is 0 Å². The number of imidazole rings is 1. The minimum atomic E-state index is -0.250. The molecule has 0 saturated heterocycles. The maximum atomic E-state index is 12.8. The van der Waals surface area contributed by atoms with E-state index in [2.05, 4.69) is 20.5 Å². The number of hydrogen-bond donors (Lipinski definition) is 1. The molecule has 1 aromatic carbocycles. The number of amides is 1. The third-order valence-electron chi connectivity index (χ3n) is 4.47. The van der Waals surface area contributed by atoms with Gasteiger partial charge >= 0.3 is 0 Å². The zero-order valence-electron chi connectivity index (χ0n) is 15.4. The number of aryl methyl sites for hydroxylation is 1. The summed E-state index contributed by atoms with van der Waals surface area (Å²) in [5.41, 5.74) is 2.93. The van der Waals surface area contributed by atoms with E-state index in [9.17, 15) is 4.79 Å². The summed E-state index contributed by atoms with van der Waals surface area (Å²) < 4.78 is 3.64. The molecule has 0 aliphatic carbocycles. The number of benzene rings is 1. The second-order valence-electron chi connectivity index (χ2n) is 6.39. The van der Waals surface area contributed by atoms with Crippen LogP contribution >= 0.6 is 11.3 Å². The van der Waals surface area contributed by atoms with Crippen molar-refractivity contribution >= 4 is 28.0 Å². The van der Waals surface area contributed by atoms with Crippen molar-refractivity contribution in [3.8, 4) is 22.0 Å². The molecule has 0 fully saturated rings. The van der Waals surface area contributed by atoms with Crippen LogP contribution in [0.2, 0.25) is 0 Å². The van der Waals surface area contributed by atoms with Gasteiger partial charge in [0.25, 0.3) is 5.91 Å². The predicted molar refractivity (Wildman–Crippen MR) is 111 cm³/mol. The van der Waals surface area contributed by atoms with Gasteiger partial charge in [-0.25, -0.2) is 9.97 Å². The Labute approximate surface area is 169 Å². The molecule has 1 N–H and O–H groups in total. The number of aromatic nitrogens is 6. The number of anilines is 1. The van der Waals surface area contributed by atoms with Crippen LogP contribution in [0.15, 0.2) is 67.4 Å². The molecule has 0 radical (unpaired) electrons. The van der Waals surface area contributed by atoms with Crippen molar-refractivity contribution in [3.63, 3.8) is 0 Å². The molecule has 0 saturated carbocycles. The predicted octanol–water partition coefficient (Wildman–Crippen LogP) is 3.51. The lowest BCUT2D eigenvalue weighted by atomic mass is 10.1. The maximum Gasteiger partial charge on any atom is 0.258 e. The molecule has 4 aromatic heterocycles. The van der Waals surface area contributed by atoms with Gasteiger partial charge in [-0.05, 0) is 12.1 Å². The molecular formula is C20H15N7OS. The summed E-state index contributed by atoms with van der Waals surface area (Å²) in [6, 6.07) is 13.3. The van der Waals surface area contributed by atoms with E-state index in [4.69, 9.17) is 4.98 Å². The summed E-state index contributed by atoms with van der Waals surface area (Å²) >= 11 is 1.40. The molecule has 5 aromatic rings. The number of fused-ring (bicyclic) bond motifs is 1. The van der Waals surface area contributed by atoms with Crippen molar-refractivity contribution in [2.75, 3.05) is 5.32 Å². The minimum Gasteiger partial charge on any atom is -0.333 e. The molecular weight excluding hydrogens is 386 g/mol. The topological polar surface area (TPSA) is 90.0 Å². The van der Waals surface area contributed by atoms with Gasteiger partial charge in [0.05, 0.1) is 16.1 Å². The first kappa shape index (κ1) is 17.3. The molecule has 0 atom stereocenters. The molecule has 4 heterocycles. The quantitative estimate of drug-likeness (QED) is 0.498. The minimum absolute atomic E-state index is 0.250. The summed E-state index contributed by atoms with van der Waals surface area (Å²) in [7, 11) is 1.93. The van der Waals surface area contributed by atoms with Crippen molar-refractivity contribution in [2.45, 2.75) is 0 Å². The van der Waals surface area contributed by atoms with E-state index in [1.54, 1.807) is 35.3 Å². The first-order valence-corrected chi connectivity index (χ1v) is 9.65. The summed E-state index contributed by atoms with van der Waals surface area (Å²) in [5, 5.41) is 11.2. The van der Waals surface area contributed by atoms with Crippen molar-refractivity contribution in [3.05, 3.63) is 72.9 Å². The highest BCUT2D eigenvalue weighted by Gasteiger charge is 2.19. The summed E-state index contributed by atoms with van der Waals surface area (Å²) in [6.07, 6.45) is 6.88. The van der Waals surface area contributed by atoms with Crippen LogP contribution in [0.25, 0.3) is 27.6 Å². The van der Waals surface area contributed by atoms with Gasteiger partial charge in [0.1, 0.15) is 6.33 Å². The van der Waals surface area contributed by atoms with Gasteiger partial charge in [-0.2, -0.15) is 0 Å². The third kappa shape index (κ3) is 3.17. The second-order valence-corrected chi connectivity index (χ2v) is 7.39. The first-order chi connectivity index (χ1) is 14.2. The molecule has 142 valence electrons. The van der Waals surface area contributed by atoms with Crippen LogP contribution in [0.5, 0.6) is 0 Å². The van der Waals surface area contributed by atoms with E-state index in [0.29, 0.717) is 16.3 Å². The fourth-order valence-corrected chi connectivity index (χ4v) is 4.05. The van der Waals surface area contributed by atoms with E-state index in [0.717, 1.165) is 22.0 Å². The Bertz CT molecular complexity index is 1320. The lowest BCUT2D eigenvalue weighted by Gasteiger charge is -2.02. The molecule has 0 aliphatic heterocycles. The first-order valence-electron chi connectivity index (χ1n) is 8.84. The number of pyridine rings is 1. The largest absolute Gasteiger partial charge is 0.333 e. The zero-order chi connectivity index (χ0) is 19.8. The van der Waals surface area contributed by atoms with Crippen molar-refractivity contribution in [1.29, 1.82) is 0 Å². The van der Waals surface area contributed by atoms with E-state index in [1.807, 2.05) is 48.1 Å². The molecule has 29 heavy (non-hydrogen) atoms. The smallest absolute Gasteiger partial charge is 0.258 e. The van der Waals surface area contributed by atoms with Gasteiger partial charge in [0, 0.05) is 31.2 Å². The van der Waals surface area contributed by atoms with Gasteiger partial charge in [0.2, 0.25) is 0 Å². The molecule has 0 unspecified atom stereocenters. The molecule has 1 amide bonds. The van der Waals surface area contributed by atoms with Gasteiger partial charge in [0.15, 0.2) is 16.6 Å². The van der Waals surface area contributed by atoms with Gasteiger partial charge in [-0.3, -0.25) is 14.5 Å². The molecule has 0 bridgehead atoms. The van der Waals surface area contributed by atoms with E-state index in [1.165, 1.54) is 11.3 Å². The number of carbonyl (C=O) groups excluding carboxylic acids is 1. The van der Waals surface area contributed by atoms with Crippen molar-refractivity contribution < 1.29 is 4.79 Å². The maximum absolute atomic E-state index is 12.8. The monoisotopic (exact) mass is 401 g/mol. The number of carbonyl (C=O) groups is 1. The SMILES string of the molecule is Cn1ccnc1-c1sc(NC(=O)c2ccc3nncn3c2)nc1-c1ccccc1. The Balaban J connectivity index is 1.52. The van der Waals surface area contributed by atoms with Crippen LogP contribution in [-0.4, -0.2) is 35.0 Å². The summed E-state index contributed by atoms with van der Waals surface area (Å²) in [4.78, 5) is 22.8. The van der Waals surface area contributed by atoms with E-state index >= 15 is 0 Å². The van der Waals surface area contributed by atoms with Gasteiger partial charge < -0.3 is 4.57 Å². The Hall–Kier alpha value is -3.85. The number of rotatable bonds is 4. The van der Waals surface area contributed by atoms with Crippen LogP contribution in [0.4, 0.5) is 5.13 Å². The Morgan fingerprint density at radius 1 is 1.14 bits per heavy atom. The molecule has 8 nitrogen and oxygen atoms in total. The van der Waals surface area contributed by atoms with Crippen molar-refractivity contribution in [2.24, 2.45) is 7.05 Å². The third-order valence-corrected chi connectivity index (χ3v) is 5.44. The van der Waals surface area contributed by atoms with Crippen LogP contribution in [0.1, 0.15) is 10.4 Å². The number of thiazole rings is 1. The fourth-order valence-electron chi connectivity index (χ4n) is 3.03. The fraction of sp³-hybridized carbons (Fsp3) is 0.0500. The summed E-state index contributed by atoms with van der Waals surface area (Å²) in [5.74, 6) is 0.549. The highest BCUT2D eigenvalue weighted by Crippen LogP contribution is 2.38. The number of hydrogen-bond acceptors (Lipinski definition) is 6. The number of nitrogens with zero attached hydrogens (tertiary/aromatic N) is 6. The second kappa shape index (κ2) is 6.95. The average Bonchev–Trinajstić information content (AvgIpc) is 3.47. The number of nitrogens with one attached hydrogen (secondary N) is 1. The van der Waals surface area contributed by atoms with Crippen LogP contribution in [-0.2, 0) is 7.05 Å². The molecule has 0 spiro atoms. The summed E-state index contributed by atoms with van der Waals surface area (Å²) in [6.45, 7) is 0.